The van der Waals surface area contributed by atoms with E-state index in [0.717, 1.165) is 22.4 Å². The summed E-state index contributed by atoms with van der Waals surface area (Å²) in [5, 5.41) is 3.92. The normalized spacial score (nSPS) is 16.9. The number of halogens is 2. The highest BCUT2D eigenvalue weighted by Gasteiger charge is 2.36. The minimum absolute atomic E-state index is 0.133. The maximum Gasteiger partial charge on any atom is 0.229 e. The van der Waals surface area contributed by atoms with E-state index in [0.29, 0.717) is 15.7 Å². The van der Waals surface area contributed by atoms with Crippen molar-refractivity contribution in [2.75, 3.05) is 16.8 Å². The van der Waals surface area contributed by atoms with E-state index in [1.807, 2.05) is 32.9 Å². The number of hydrogen-bond donors (Lipinski definition) is 1. The molecule has 0 aromatic heterocycles. The van der Waals surface area contributed by atoms with E-state index in [1.165, 1.54) is 4.90 Å². The zero-order chi connectivity index (χ0) is 19.0. The molecule has 1 saturated heterocycles. The fraction of sp³-hybridized carbons (Fsp3) is 0.300. The van der Waals surface area contributed by atoms with Crippen molar-refractivity contribution in [1.82, 2.24) is 0 Å². The van der Waals surface area contributed by atoms with Crippen molar-refractivity contribution >= 4 is 46.4 Å². The molecule has 1 aliphatic heterocycles. The lowest BCUT2D eigenvalue weighted by molar-refractivity contribution is -0.122. The number of amides is 2. The molecule has 1 fully saturated rings. The lowest BCUT2D eigenvalue weighted by Gasteiger charge is -2.19. The van der Waals surface area contributed by atoms with E-state index in [4.69, 9.17) is 23.2 Å². The van der Waals surface area contributed by atoms with Crippen molar-refractivity contribution in [3.8, 4) is 0 Å². The van der Waals surface area contributed by atoms with Gasteiger partial charge in [0, 0.05) is 23.7 Å². The minimum atomic E-state index is -0.433. The van der Waals surface area contributed by atoms with E-state index in [-0.39, 0.29) is 24.8 Å². The Balaban J connectivity index is 1.78. The van der Waals surface area contributed by atoms with Crippen LogP contribution in [0.3, 0.4) is 0 Å². The SMILES string of the molecule is Cc1cc(C)c(NC(=O)C2CC(=O)N(c3cc(Cl)ccc3Cl)C2)c(C)c1. The summed E-state index contributed by atoms with van der Waals surface area (Å²) in [6, 6.07) is 9.03. The zero-order valence-electron chi connectivity index (χ0n) is 14.9. The Kier molecular flexibility index (Phi) is 5.26. The Morgan fingerprint density at radius 1 is 1.12 bits per heavy atom. The van der Waals surface area contributed by atoms with Crippen molar-refractivity contribution < 1.29 is 9.59 Å². The van der Waals surface area contributed by atoms with Crippen LogP contribution in [0.1, 0.15) is 23.1 Å². The maximum absolute atomic E-state index is 12.7. The monoisotopic (exact) mass is 390 g/mol. The average Bonchev–Trinajstić information content (AvgIpc) is 2.95. The van der Waals surface area contributed by atoms with Gasteiger partial charge in [0.05, 0.1) is 16.6 Å². The highest BCUT2D eigenvalue weighted by Crippen LogP contribution is 2.34. The largest absolute Gasteiger partial charge is 0.325 e. The summed E-state index contributed by atoms with van der Waals surface area (Å²) in [6.45, 7) is 6.24. The standard InChI is InChI=1S/C20H20Cl2N2O2/c1-11-6-12(2)19(13(3)7-11)23-20(26)14-8-18(25)24(10-14)17-9-15(21)4-5-16(17)22/h4-7,9,14H,8,10H2,1-3H3,(H,23,26). The summed E-state index contributed by atoms with van der Waals surface area (Å²) in [4.78, 5) is 26.7. The van der Waals surface area contributed by atoms with Gasteiger partial charge in [-0.15, -0.1) is 0 Å². The molecule has 1 unspecified atom stereocenters. The van der Waals surface area contributed by atoms with E-state index < -0.39 is 5.92 Å². The number of nitrogens with one attached hydrogen (secondary N) is 1. The average molecular weight is 391 g/mol. The van der Waals surface area contributed by atoms with Gasteiger partial charge in [0.25, 0.3) is 0 Å². The van der Waals surface area contributed by atoms with Crippen LogP contribution >= 0.6 is 23.2 Å². The molecule has 0 aliphatic carbocycles. The van der Waals surface area contributed by atoms with Crippen molar-refractivity contribution in [2.45, 2.75) is 27.2 Å². The van der Waals surface area contributed by atoms with Crippen LogP contribution in [0.4, 0.5) is 11.4 Å². The summed E-state index contributed by atoms with van der Waals surface area (Å²) >= 11 is 12.2. The Bertz CT molecular complexity index is 872. The molecule has 2 amide bonds. The molecule has 0 bridgehead atoms. The van der Waals surface area contributed by atoms with E-state index in [2.05, 4.69) is 5.32 Å². The molecule has 1 heterocycles. The molecular weight excluding hydrogens is 371 g/mol. The molecule has 6 heteroatoms. The maximum atomic E-state index is 12.7. The molecule has 4 nitrogen and oxygen atoms in total. The first-order valence-corrected chi connectivity index (χ1v) is 9.16. The first kappa shape index (κ1) is 18.7. The highest BCUT2D eigenvalue weighted by atomic mass is 35.5. The van der Waals surface area contributed by atoms with Crippen LogP contribution in [0.15, 0.2) is 30.3 Å². The van der Waals surface area contributed by atoms with Gasteiger partial charge in [0.15, 0.2) is 0 Å². The van der Waals surface area contributed by atoms with Crippen LogP contribution in [0, 0.1) is 26.7 Å². The second-order valence-electron chi connectivity index (χ2n) is 6.76. The first-order chi connectivity index (χ1) is 12.3. The summed E-state index contributed by atoms with van der Waals surface area (Å²) < 4.78 is 0. The molecule has 0 saturated carbocycles. The summed E-state index contributed by atoms with van der Waals surface area (Å²) in [5.74, 6) is -0.724. The van der Waals surface area contributed by atoms with Gasteiger partial charge in [-0.1, -0.05) is 40.9 Å². The third-order valence-corrected chi connectivity index (χ3v) is 5.17. The predicted molar refractivity (Wildman–Crippen MR) is 106 cm³/mol. The van der Waals surface area contributed by atoms with E-state index >= 15 is 0 Å². The molecule has 3 rings (SSSR count). The van der Waals surface area contributed by atoms with Crippen molar-refractivity contribution in [3.05, 3.63) is 57.1 Å². The second kappa shape index (κ2) is 7.29. The first-order valence-electron chi connectivity index (χ1n) is 8.40. The molecular formula is C20H20Cl2N2O2. The lowest BCUT2D eigenvalue weighted by Crippen LogP contribution is -2.28. The molecule has 2 aromatic rings. The third-order valence-electron chi connectivity index (χ3n) is 4.62. The van der Waals surface area contributed by atoms with Gasteiger partial charge in [0.2, 0.25) is 11.8 Å². The van der Waals surface area contributed by atoms with Crippen LogP contribution < -0.4 is 10.2 Å². The number of carbonyl (C=O) groups excluding carboxylic acids is 2. The summed E-state index contributed by atoms with van der Waals surface area (Å²) in [7, 11) is 0. The molecule has 2 aromatic carbocycles. The number of carbonyl (C=O) groups is 2. The van der Waals surface area contributed by atoms with Crippen LogP contribution in [0.2, 0.25) is 10.0 Å². The fourth-order valence-corrected chi connectivity index (χ4v) is 3.80. The van der Waals surface area contributed by atoms with Gasteiger partial charge in [-0.25, -0.2) is 0 Å². The number of anilines is 2. The van der Waals surface area contributed by atoms with Gasteiger partial charge in [-0.3, -0.25) is 9.59 Å². The predicted octanol–water partition coefficient (Wildman–Crippen LogP) is 4.91. The smallest absolute Gasteiger partial charge is 0.229 e. The van der Waals surface area contributed by atoms with Crippen LogP contribution in [0.5, 0.6) is 0 Å². The van der Waals surface area contributed by atoms with Crippen LogP contribution in [-0.4, -0.2) is 18.4 Å². The third kappa shape index (κ3) is 3.71. The van der Waals surface area contributed by atoms with Crippen LogP contribution in [0.25, 0.3) is 0 Å². The minimum Gasteiger partial charge on any atom is -0.325 e. The lowest BCUT2D eigenvalue weighted by atomic mass is 10.0. The van der Waals surface area contributed by atoms with Gasteiger partial charge in [-0.2, -0.15) is 0 Å². The Morgan fingerprint density at radius 3 is 2.42 bits per heavy atom. The highest BCUT2D eigenvalue weighted by molar-refractivity contribution is 6.36. The zero-order valence-corrected chi connectivity index (χ0v) is 16.4. The van der Waals surface area contributed by atoms with Crippen molar-refractivity contribution in [1.29, 1.82) is 0 Å². The molecule has 1 N–H and O–H groups in total. The molecule has 136 valence electrons. The van der Waals surface area contributed by atoms with Crippen molar-refractivity contribution in [3.63, 3.8) is 0 Å². The van der Waals surface area contributed by atoms with Crippen molar-refractivity contribution in [2.24, 2.45) is 5.92 Å². The van der Waals surface area contributed by atoms with Gasteiger partial charge >= 0.3 is 0 Å². The molecule has 1 aliphatic rings. The van der Waals surface area contributed by atoms with Gasteiger partial charge in [-0.05, 0) is 50.1 Å². The molecule has 26 heavy (non-hydrogen) atoms. The Labute approximate surface area is 163 Å². The molecule has 1 atom stereocenters. The van der Waals surface area contributed by atoms with Crippen LogP contribution in [-0.2, 0) is 9.59 Å². The molecule has 0 radical (unpaired) electrons. The summed E-state index contributed by atoms with van der Waals surface area (Å²) in [6.07, 6.45) is 0.151. The topological polar surface area (TPSA) is 49.4 Å². The van der Waals surface area contributed by atoms with Gasteiger partial charge < -0.3 is 10.2 Å². The summed E-state index contributed by atoms with van der Waals surface area (Å²) in [5.41, 5.74) is 4.52. The number of rotatable bonds is 3. The Hall–Kier alpha value is -2.04. The fourth-order valence-electron chi connectivity index (χ4n) is 3.41. The number of aryl methyl sites for hydroxylation is 3. The Morgan fingerprint density at radius 2 is 1.77 bits per heavy atom. The number of benzene rings is 2. The van der Waals surface area contributed by atoms with Gasteiger partial charge in [0.1, 0.15) is 0 Å². The number of hydrogen-bond acceptors (Lipinski definition) is 2. The van der Waals surface area contributed by atoms with E-state index in [1.54, 1.807) is 18.2 Å². The second-order valence-corrected chi connectivity index (χ2v) is 7.61. The van der Waals surface area contributed by atoms with E-state index in [9.17, 15) is 9.59 Å². The number of nitrogens with zero attached hydrogens (tertiary/aromatic N) is 1. The quantitative estimate of drug-likeness (QED) is 0.808. The molecule has 0 spiro atoms.